The molecule has 3 aromatic rings. The molecule has 2 bridgehead atoms. The lowest BCUT2D eigenvalue weighted by Crippen LogP contribution is -2.56. The standard InChI is InChI=1S/C38H48N6O6/c1-26(2)17-33-38(48)44(15-16-49-3)24-35(45)40-32(18-27-9-5-4-6-10-27)37(47)42-34-23-43(21-28-11-8-14-39-20-28)22-31(34)29-12-7-13-30(19-29)50-25-36(46)41-33/h4-14,19-20,26,31-34H,15-18,21-25H2,1-3H3,(H,40,45)(H,41,46)(H,42,47)/t31-,32+,33-,34+/m1/s1. The molecule has 12 heteroatoms. The number of nitrogens with zero attached hydrogens (tertiary/aromatic N) is 3. The molecule has 2 aromatic carbocycles. The second-order valence-corrected chi connectivity index (χ2v) is 13.5. The highest BCUT2D eigenvalue weighted by atomic mass is 16.5. The van der Waals surface area contributed by atoms with Crippen LogP contribution >= 0.6 is 0 Å². The number of carbonyl (C=O) groups excluding carboxylic acids is 4. The van der Waals surface area contributed by atoms with Crippen molar-refractivity contribution in [2.45, 2.75) is 57.3 Å². The summed E-state index contributed by atoms with van der Waals surface area (Å²) in [7, 11) is 1.51. The molecule has 5 rings (SSSR count). The molecule has 1 aromatic heterocycles. The highest BCUT2D eigenvalue weighted by molar-refractivity contribution is 5.93. The Balaban J connectivity index is 1.48. The molecule has 4 atom stereocenters. The van der Waals surface area contributed by atoms with Gasteiger partial charge in [-0.2, -0.15) is 0 Å². The van der Waals surface area contributed by atoms with Gasteiger partial charge in [-0.25, -0.2) is 0 Å². The number of benzene rings is 2. The first kappa shape index (κ1) is 36.5. The largest absolute Gasteiger partial charge is 0.484 e. The topological polar surface area (TPSA) is 142 Å². The van der Waals surface area contributed by atoms with E-state index in [1.54, 1.807) is 12.3 Å². The minimum absolute atomic E-state index is 0.0776. The third kappa shape index (κ3) is 10.3. The van der Waals surface area contributed by atoms with E-state index < -0.39 is 29.8 Å². The fourth-order valence-corrected chi connectivity index (χ4v) is 6.61. The predicted molar refractivity (Wildman–Crippen MR) is 188 cm³/mol. The SMILES string of the molecule is COCCN1CC(=O)N[C@@H](Cc2ccccc2)C(=O)N[C@H]2CN(Cc3cccnc3)C[C@@H]2c2cccc(c2)OCC(=O)N[C@H](CC(C)C)C1=O. The quantitative estimate of drug-likeness (QED) is 0.312. The normalized spacial score (nSPS) is 22.5. The summed E-state index contributed by atoms with van der Waals surface area (Å²) in [5, 5.41) is 9.05. The first-order valence-corrected chi connectivity index (χ1v) is 17.2. The van der Waals surface area contributed by atoms with E-state index in [-0.39, 0.29) is 56.5 Å². The Morgan fingerprint density at radius 1 is 0.900 bits per heavy atom. The van der Waals surface area contributed by atoms with Gasteiger partial charge in [-0.05, 0) is 47.2 Å². The van der Waals surface area contributed by atoms with Gasteiger partial charge < -0.3 is 30.3 Å². The van der Waals surface area contributed by atoms with Crippen molar-refractivity contribution in [3.63, 3.8) is 0 Å². The molecule has 2 aliphatic heterocycles. The Morgan fingerprint density at radius 2 is 1.68 bits per heavy atom. The molecule has 4 amide bonds. The van der Waals surface area contributed by atoms with Gasteiger partial charge in [-0.1, -0.05) is 62.4 Å². The van der Waals surface area contributed by atoms with Crippen molar-refractivity contribution in [2.24, 2.45) is 5.92 Å². The second kappa shape index (κ2) is 17.7. The van der Waals surface area contributed by atoms with Gasteiger partial charge >= 0.3 is 0 Å². The molecule has 3 heterocycles. The molecule has 0 unspecified atom stereocenters. The monoisotopic (exact) mass is 684 g/mol. The molecule has 3 N–H and O–H groups in total. The number of fused-ring (bicyclic) bond motifs is 4. The summed E-state index contributed by atoms with van der Waals surface area (Å²) >= 11 is 0. The van der Waals surface area contributed by atoms with Gasteiger partial charge in [0, 0.05) is 64.1 Å². The van der Waals surface area contributed by atoms with Crippen LogP contribution in [-0.4, -0.2) is 103 Å². The van der Waals surface area contributed by atoms with E-state index in [1.165, 1.54) is 12.0 Å². The van der Waals surface area contributed by atoms with Crippen LogP contribution in [0.3, 0.4) is 0 Å². The molecule has 1 fully saturated rings. The lowest BCUT2D eigenvalue weighted by atomic mass is 9.93. The minimum Gasteiger partial charge on any atom is -0.484 e. The maximum absolute atomic E-state index is 14.2. The van der Waals surface area contributed by atoms with Crippen molar-refractivity contribution in [3.05, 3.63) is 95.8 Å². The average Bonchev–Trinajstić information content (AvgIpc) is 3.50. The first-order chi connectivity index (χ1) is 24.2. The first-order valence-electron chi connectivity index (χ1n) is 17.2. The van der Waals surface area contributed by atoms with E-state index in [2.05, 4.69) is 25.8 Å². The van der Waals surface area contributed by atoms with Crippen molar-refractivity contribution in [2.75, 3.05) is 46.5 Å². The van der Waals surface area contributed by atoms with Gasteiger partial charge in [0.15, 0.2) is 6.61 Å². The number of hydrogen-bond donors (Lipinski definition) is 3. The van der Waals surface area contributed by atoms with Crippen LogP contribution in [0.4, 0.5) is 0 Å². The molecule has 1 saturated heterocycles. The van der Waals surface area contributed by atoms with Crippen LogP contribution in [0.2, 0.25) is 0 Å². The van der Waals surface area contributed by atoms with Crippen LogP contribution in [0.5, 0.6) is 5.75 Å². The number of nitrogens with one attached hydrogen (secondary N) is 3. The van der Waals surface area contributed by atoms with E-state index in [4.69, 9.17) is 9.47 Å². The number of methoxy groups -OCH3 is 1. The van der Waals surface area contributed by atoms with Crippen LogP contribution in [0.15, 0.2) is 79.1 Å². The summed E-state index contributed by atoms with van der Waals surface area (Å²) in [5.41, 5.74) is 2.89. The Bertz CT molecular complexity index is 1590. The minimum atomic E-state index is -0.906. The third-order valence-electron chi connectivity index (χ3n) is 8.99. The Hall–Kier alpha value is -4.81. The number of likely N-dealkylation sites (tertiary alicyclic amines) is 1. The number of rotatable bonds is 9. The molecule has 0 aliphatic carbocycles. The van der Waals surface area contributed by atoms with Crippen LogP contribution < -0.4 is 20.7 Å². The maximum atomic E-state index is 14.2. The molecule has 2 aliphatic rings. The Morgan fingerprint density at radius 3 is 2.42 bits per heavy atom. The smallest absolute Gasteiger partial charge is 0.258 e. The van der Waals surface area contributed by atoms with E-state index in [0.717, 1.165) is 16.7 Å². The fraction of sp³-hybridized carbons (Fsp3) is 0.447. The van der Waals surface area contributed by atoms with Gasteiger partial charge in [0.25, 0.3) is 5.91 Å². The lowest BCUT2D eigenvalue weighted by Gasteiger charge is -2.29. The molecule has 0 radical (unpaired) electrons. The van der Waals surface area contributed by atoms with Gasteiger partial charge in [-0.15, -0.1) is 0 Å². The zero-order valence-electron chi connectivity index (χ0n) is 29.0. The maximum Gasteiger partial charge on any atom is 0.258 e. The van der Waals surface area contributed by atoms with E-state index >= 15 is 0 Å². The fourth-order valence-electron chi connectivity index (χ4n) is 6.61. The Labute approximate surface area is 293 Å². The van der Waals surface area contributed by atoms with Gasteiger partial charge in [0.05, 0.1) is 13.2 Å². The Kier molecular flexibility index (Phi) is 12.9. The predicted octanol–water partition coefficient (Wildman–Crippen LogP) is 2.29. The summed E-state index contributed by atoms with van der Waals surface area (Å²) in [6, 6.07) is 18.9. The van der Waals surface area contributed by atoms with Crippen LogP contribution in [-0.2, 0) is 36.9 Å². The van der Waals surface area contributed by atoms with E-state index in [1.807, 2.05) is 80.7 Å². The lowest BCUT2D eigenvalue weighted by molar-refractivity contribution is -0.141. The van der Waals surface area contributed by atoms with Crippen LogP contribution in [0.25, 0.3) is 0 Å². The van der Waals surface area contributed by atoms with Crippen molar-refractivity contribution in [1.29, 1.82) is 0 Å². The van der Waals surface area contributed by atoms with Crippen LogP contribution in [0.1, 0.15) is 42.9 Å². The average molecular weight is 685 g/mol. The molecule has 0 saturated carbocycles. The number of carbonyl (C=O) groups is 4. The van der Waals surface area contributed by atoms with Gasteiger partial charge in [0.2, 0.25) is 17.7 Å². The molecule has 0 spiro atoms. The van der Waals surface area contributed by atoms with Crippen molar-refractivity contribution < 1.29 is 28.7 Å². The summed E-state index contributed by atoms with van der Waals surface area (Å²) in [6.45, 7) is 5.52. The van der Waals surface area contributed by atoms with Crippen molar-refractivity contribution in [1.82, 2.24) is 30.7 Å². The number of amides is 4. The summed E-state index contributed by atoms with van der Waals surface area (Å²) in [4.78, 5) is 62.8. The summed E-state index contributed by atoms with van der Waals surface area (Å²) in [6.07, 6.45) is 4.20. The number of pyridine rings is 1. The molecule has 266 valence electrons. The second-order valence-electron chi connectivity index (χ2n) is 13.5. The summed E-state index contributed by atoms with van der Waals surface area (Å²) < 4.78 is 11.2. The zero-order chi connectivity index (χ0) is 35.5. The van der Waals surface area contributed by atoms with Crippen molar-refractivity contribution >= 4 is 23.6 Å². The molecule has 50 heavy (non-hydrogen) atoms. The van der Waals surface area contributed by atoms with Gasteiger partial charge in [0.1, 0.15) is 17.8 Å². The van der Waals surface area contributed by atoms with E-state index in [9.17, 15) is 19.2 Å². The van der Waals surface area contributed by atoms with Gasteiger partial charge in [-0.3, -0.25) is 29.1 Å². The molecular weight excluding hydrogens is 636 g/mol. The number of ether oxygens (including phenoxy) is 2. The molecule has 12 nitrogen and oxygen atoms in total. The van der Waals surface area contributed by atoms with E-state index in [0.29, 0.717) is 31.8 Å². The number of hydrogen-bond acceptors (Lipinski definition) is 8. The third-order valence-corrected chi connectivity index (χ3v) is 8.99. The highest BCUT2D eigenvalue weighted by Gasteiger charge is 2.37. The van der Waals surface area contributed by atoms with Crippen LogP contribution in [0, 0.1) is 5.92 Å². The number of aromatic nitrogens is 1. The van der Waals surface area contributed by atoms with Crippen molar-refractivity contribution in [3.8, 4) is 5.75 Å². The zero-order valence-corrected chi connectivity index (χ0v) is 29.0. The highest BCUT2D eigenvalue weighted by Crippen LogP contribution is 2.31. The summed E-state index contributed by atoms with van der Waals surface area (Å²) in [5.74, 6) is -1.16. The molecular formula is C38H48N6O6.